The van der Waals surface area contributed by atoms with Gasteiger partial charge in [-0.05, 0) is 34.1 Å². The van der Waals surface area contributed by atoms with Gasteiger partial charge in [0.2, 0.25) is 0 Å². The van der Waals surface area contributed by atoms with Crippen molar-refractivity contribution in [2.24, 2.45) is 0 Å². The number of oxazole rings is 1. The summed E-state index contributed by atoms with van der Waals surface area (Å²) < 4.78 is 6.31. The van der Waals surface area contributed by atoms with E-state index in [1.165, 1.54) is 6.39 Å². The molecule has 0 saturated heterocycles. The maximum atomic E-state index is 5.98. The molecular weight excluding hydrogens is 316 g/mol. The van der Waals surface area contributed by atoms with E-state index in [1.807, 2.05) is 18.2 Å². The number of aromatic nitrogens is 1. The van der Waals surface area contributed by atoms with Crippen molar-refractivity contribution >= 4 is 27.5 Å². The fourth-order valence-corrected chi connectivity index (χ4v) is 2.06. The van der Waals surface area contributed by atoms with Gasteiger partial charge in [0, 0.05) is 22.6 Å². The normalized spacial score (nSPS) is 11.2. The molecule has 1 heterocycles. The fourth-order valence-electron chi connectivity index (χ4n) is 1.57. The molecule has 0 unspecified atom stereocenters. The first-order chi connectivity index (χ1) is 8.58. The highest BCUT2D eigenvalue weighted by Crippen LogP contribution is 2.30. The minimum atomic E-state index is 0.409. The lowest BCUT2D eigenvalue weighted by Gasteiger charge is -2.07. The predicted molar refractivity (Wildman–Crippen MR) is 76.6 cm³/mol. The van der Waals surface area contributed by atoms with Crippen LogP contribution in [0.4, 0.5) is 0 Å². The molecule has 0 saturated carbocycles. The number of halogens is 2. The number of nitrogens with zero attached hydrogens (tertiary/aromatic N) is 1. The number of benzene rings is 1. The zero-order chi connectivity index (χ0) is 13.1. The SMILES string of the molecule is CC(C)NCc1ncoc1-c1ccc(Cl)c(Br)c1. The van der Waals surface area contributed by atoms with Crippen LogP contribution in [-0.2, 0) is 6.54 Å². The van der Waals surface area contributed by atoms with Crippen LogP contribution in [0, 0.1) is 0 Å². The van der Waals surface area contributed by atoms with E-state index < -0.39 is 0 Å². The van der Waals surface area contributed by atoms with E-state index >= 15 is 0 Å². The molecule has 0 aliphatic carbocycles. The monoisotopic (exact) mass is 328 g/mol. The van der Waals surface area contributed by atoms with Crippen LogP contribution in [0.15, 0.2) is 33.5 Å². The van der Waals surface area contributed by atoms with Crippen LogP contribution < -0.4 is 5.32 Å². The molecule has 0 aliphatic rings. The van der Waals surface area contributed by atoms with Crippen molar-refractivity contribution in [3.63, 3.8) is 0 Å². The Morgan fingerprint density at radius 2 is 2.22 bits per heavy atom. The van der Waals surface area contributed by atoms with Crippen molar-refractivity contribution in [1.29, 1.82) is 0 Å². The summed E-state index contributed by atoms with van der Waals surface area (Å²) in [5.41, 5.74) is 1.86. The Hall–Kier alpha value is -0.840. The molecule has 0 bridgehead atoms. The van der Waals surface area contributed by atoms with Crippen molar-refractivity contribution in [3.8, 4) is 11.3 Å². The van der Waals surface area contributed by atoms with Crippen LogP contribution in [0.1, 0.15) is 19.5 Å². The van der Waals surface area contributed by atoms with Crippen molar-refractivity contribution in [1.82, 2.24) is 10.3 Å². The minimum absolute atomic E-state index is 0.409. The summed E-state index contributed by atoms with van der Waals surface area (Å²) in [5.74, 6) is 0.778. The molecule has 5 heteroatoms. The van der Waals surface area contributed by atoms with E-state index in [0.717, 1.165) is 21.5 Å². The molecule has 2 rings (SSSR count). The Morgan fingerprint density at radius 1 is 1.44 bits per heavy atom. The van der Waals surface area contributed by atoms with E-state index in [4.69, 9.17) is 16.0 Å². The van der Waals surface area contributed by atoms with Crippen molar-refractivity contribution in [3.05, 3.63) is 39.8 Å². The van der Waals surface area contributed by atoms with Crippen LogP contribution in [0.25, 0.3) is 11.3 Å². The van der Waals surface area contributed by atoms with E-state index in [2.05, 4.69) is 40.1 Å². The van der Waals surface area contributed by atoms with E-state index in [-0.39, 0.29) is 0 Å². The molecular formula is C13H14BrClN2O. The van der Waals surface area contributed by atoms with Gasteiger partial charge in [-0.15, -0.1) is 0 Å². The topological polar surface area (TPSA) is 38.1 Å². The summed E-state index contributed by atoms with van der Waals surface area (Å²) in [5, 5.41) is 4.00. The first-order valence-electron chi connectivity index (χ1n) is 5.69. The smallest absolute Gasteiger partial charge is 0.181 e. The molecule has 0 aliphatic heterocycles. The van der Waals surface area contributed by atoms with Gasteiger partial charge >= 0.3 is 0 Å². The Labute approximate surface area is 120 Å². The lowest BCUT2D eigenvalue weighted by molar-refractivity contribution is 0.563. The summed E-state index contributed by atoms with van der Waals surface area (Å²) >= 11 is 9.39. The third-order valence-corrected chi connectivity index (χ3v) is 3.71. The summed E-state index contributed by atoms with van der Waals surface area (Å²) in [4.78, 5) is 4.24. The quantitative estimate of drug-likeness (QED) is 0.911. The van der Waals surface area contributed by atoms with Crippen molar-refractivity contribution in [2.75, 3.05) is 0 Å². The molecule has 0 amide bonds. The van der Waals surface area contributed by atoms with Gasteiger partial charge in [0.05, 0.1) is 5.02 Å². The Morgan fingerprint density at radius 3 is 2.89 bits per heavy atom. The highest BCUT2D eigenvalue weighted by Gasteiger charge is 2.12. The van der Waals surface area contributed by atoms with Crippen molar-refractivity contribution < 1.29 is 4.42 Å². The molecule has 18 heavy (non-hydrogen) atoms. The molecule has 1 aromatic carbocycles. The average Bonchev–Trinajstić information content (AvgIpc) is 2.78. The van der Waals surface area contributed by atoms with Gasteiger partial charge in [-0.3, -0.25) is 0 Å². The molecule has 0 spiro atoms. The third kappa shape index (κ3) is 3.13. The molecule has 0 atom stereocenters. The second kappa shape index (κ2) is 5.87. The van der Waals surface area contributed by atoms with Gasteiger partial charge < -0.3 is 9.73 Å². The second-order valence-electron chi connectivity index (χ2n) is 4.29. The maximum absolute atomic E-state index is 5.98. The maximum Gasteiger partial charge on any atom is 0.181 e. The van der Waals surface area contributed by atoms with Crippen LogP contribution in [0.2, 0.25) is 5.02 Å². The molecule has 96 valence electrons. The summed E-state index contributed by atoms with van der Waals surface area (Å²) in [6.07, 6.45) is 1.47. The number of rotatable bonds is 4. The lowest BCUT2D eigenvalue weighted by Crippen LogP contribution is -2.22. The molecule has 1 aromatic heterocycles. The summed E-state index contributed by atoms with van der Waals surface area (Å²) in [6, 6.07) is 6.10. The first kappa shape index (κ1) is 13.6. The highest BCUT2D eigenvalue weighted by molar-refractivity contribution is 9.10. The summed E-state index contributed by atoms with van der Waals surface area (Å²) in [6.45, 7) is 4.88. The third-order valence-electron chi connectivity index (χ3n) is 2.50. The first-order valence-corrected chi connectivity index (χ1v) is 6.86. The number of hydrogen-bond acceptors (Lipinski definition) is 3. The van der Waals surface area contributed by atoms with Crippen LogP contribution in [-0.4, -0.2) is 11.0 Å². The zero-order valence-electron chi connectivity index (χ0n) is 10.2. The number of hydrogen-bond donors (Lipinski definition) is 1. The number of nitrogens with one attached hydrogen (secondary N) is 1. The fraction of sp³-hybridized carbons (Fsp3) is 0.308. The van der Waals surface area contributed by atoms with Gasteiger partial charge in [0.1, 0.15) is 5.69 Å². The Balaban J connectivity index is 2.27. The lowest BCUT2D eigenvalue weighted by atomic mass is 10.1. The molecule has 1 N–H and O–H groups in total. The van der Waals surface area contributed by atoms with Gasteiger partial charge in [-0.1, -0.05) is 25.4 Å². The van der Waals surface area contributed by atoms with Crippen molar-refractivity contribution in [2.45, 2.75) is 26.4 Å². The van der Waals surface area contributed by atoms with Gasteiger partial charge in [-0.2, -0.15) is 0 Å². The molecule has 2 aromatic rings. The van der Waals surface area contributed by atoms with E-state index in [0.29, 0.717) is 17.6 Å². The molecule has 3 nitrogen and oxygen atoms in total. The largest absolute Gasteiger partial charge is 0.443 e. The molecule has 0 radical (unpaired) electrons. The standard InChI is InChI=1S/C13H14BrClN2O/c1-8(2)16-6-12-13(18-7-17-12)9-3-4-11(15)10(14)5-9/h3-5,7-8,16H,6H2,1-2H3. The summed E-state index contributed by atoms with van der Waals surface area (Å²) in [7, 11) is 0. The average molecular weight is 330 g/mol. The van der Waals surface area contributed by atoms with Gasteiger partial charge in [0.25, 0.3) is 0 Å². The highest BCUT2D eigenvalue weighted by atomic mass is 79.9. The second-order valence-corrected chi connectivity index (χ2v) is 5.55. The predicted octanol–water partition coefficient (Wildman–Crippen LogP) is 4.26. The van der Waals surface area contributed by atoms with Gasteiger partial charge in [0.15, 0.2) is 12.2 Å². The minimum Gasteiger partial charge on any atom is -0.443 e. The molecule has 0 fully saturated rings. The van der Waals surface area contributed by atoms with E-state index in [9.17, 15) is 0 Å². The van der Waals surface area contributed by atoms with Crippen LogP contribution in [0.5, 0.6) is 0 Å². The Bertz CT molecular complexity index is 540. The zero-order valence-corrected chi connectivity index (χ0v) is 12.5. The van der Waals surface area contributed by atoms with Crippen LogP contribution >= 0.6 is 27.5 Å². The Kier molecular flexibility index (Phi) is 4.43. The van der Waals surface area contributed by atoms with Crippen LogP contribution in [0.3, 0.4) is 0 Å². The van der Waals surface area contributed by atoms with E-state index in [1.54, 1.807) is 0 Å². The van der Waals surface area contributed by atoms with Gasteiger partial charge in [-0.25, -0.2) is 4.98 Å².